The number of nitro benzene ring substituents is 1. The molecule has 3 rings (SSSR count). The monoisotopic (exact) mass is 334 g/mol. The average Bonchev–Trinajstić information content (AvgIpc) is 3.14. The van der Waals surface area contributed by atoms with Crippen LogP contribution < -0.4 is 5.32 Å². The molecule has 0 saturated heterocycles. The van der Waals surface area contributed by atoms with Crippen LogP contribution in [-0.2, 0) is 4.79 Å². The number of nitro groups is 1. The highest BCUT2D eigenvalue weighted by Gasteiger charge is 2.14. The highest BCUT2D eigenvalue weighted by Crippen LogP contribution is 2.22. The fourth-order valence-corrected chi connectivity index (χ4v) is 2.31. The van der Waals surface area contributed by atoms with E-state index in [-0.39, 0.29) is 11.6 Å². The standard InChI is InChI=1S/C19H14N2O4/c22-19(20-15-8-4-9-16(12-15)21(23)24)18(13-17-10-5-11-25-17)14-6-2-1-3-7-14/h1-13H,(H,20,22)/b18-13+. The van der Waals surface area contributed by atoms with E-state index in [1.807, 2.05) is 30.3 Å². The van der Waals surface area contributed by atoms with Crippen molar-refractivity contribution in [2.24, 2.45) is 0 Å². The van der Waals surface area contributed by atoms with Gasteiger partial charge in [0.15, 0.2) is 0 Å². The van der Waals surface area contributed by atoms with E-state index in [1.165, 1.54) is 24.5 Å². The van der Waals surface area contributed by atoms with Gasteiger partial charge < -0.3 is 9.73 Å². The minimum absolute atomic E-state index is 0.0888. The predicted octanol–water partition coefficient (Wildman–Crippen LogP) is 4.37. The molecule has 1 aromatic heterocycles. The highest BCUT2D eigenvalue weighted by atomic mass is 16.6. The quantitative estimate of drug-likeness (QED) is 0.426. The maximum Gasteiger partial charge on any atom is 0.271 e. The average molecular weight is 334 g/mol. The van der Waals surface area contributed by atoms with Crippen molar-refractivity contribution in [3.8, 4) is 0 Å². The number of nitrogens with zero attached hydrogens (tertiary/aromatic N) is 1. The van der Waals surface area contributed by atoms with Gasteiger partial charge in [-0.2, -0.15) is 0 Å². The minimum Gasteiger partial charge on any atom is -0.465 e. The largest absolute Gasteiger partial charge is 0.465 e. The summed E-state index contributed by atoms with van der Waals surface area (Å²) in [6.07, 6.45) is 3.15. The summed E-state index contributed by atoms with van der Waals surface area (Å²) in [5.41, 5.74) is 1.36. The summed E-state index contributed by atoms with van der Waals surface area (Å²) in [5.74, 6) is 0.149. The Labute approximate surface area is 143 Å². The van der Waals surface area contributed by atoms with Crippen molar-refractivity contribution in [3.63, 3.8) is 0 Å². The topological polar surface area (TPSA) is 85.4 Å². The van der Waals surface area contributed by atoms with Gasteiger partial charge in [-0.3, -0.25) is 14.9 Å². The molecule has 124 valence electrons. The van der Waals surface area contributed by atoms with Gasteiger partial charge in [0.1, 0.15) is 5.76 Å². The van der Waals surface area contributed by atoms with Gasteiger partial charge in [0.2, 0.25) is 0 Å². The molecule has 0 bridgehead atoms. The van der Waals surface area contributed by atoms with Crippen LogP contribution in [0.2, 0.25) is 0 Å². The lowest BCUT2D eigenvalue weighted by molar-refractivity contribution is -0.384. The Balaban J connectivity index is 1.92. The summed E-state index contributed by atoms with van der Waals surface area (Å²) in [5, 5.41) is 13.6. The van der Waals surface area contributed by atoms with Crippen molar-refractivity contribution < 1.29 is 14.1 Å². The molecule has 0 fully saturated rings. The Morgan fingerprint density at radius 1 is 1.04 bits per heavy atom. The number of carbonyl (C=O) groups is 1. The van der Waals surface area contributed by atoms with Crippen LogP contribution in [0.5, 0.6) is 0 Å². The van der Waals surface area contributed by atoms with Crippen molar-refractivity contribution in [2.75, 3.05) is 5.32 Å². The van der Waals surface area contributed by atoms with E-state index in [9.17, 15) is 14.9 Å². The number of furan rings is 1. The SMILES string of the molecule is O=C(Nc1cccc([N+](=O)[O-])c1)/C(=C/c1ccco1)c1ccccc1. The van der Waals surface area contributed by atoms with E-state index in [2.05, 4.69) is 5.32 Å². The van der Waals surface area contributed by atoms with Gasteiger partial charge in [0, 0.05) is 17.8 Å². The third-order valence-electron chi connectivity index (χ3n) is 3.47. The number of rotatable bonds is 5. The summed E-state index contributed by atoms with van der Waals surface area (Å²) in [7, 11) is 0. The first-order chi connectivity index (χ1) is 12.1. The Bertz CT molecular complexity index is 916. The molecule has 25 heavy (non-hydrogen) atoms. The third kappa shape index (κ3) is 4.00. The Kier molecular flexibility index (Phi) is 4.71. The van der Waals surface area contributed by atoms with Crippen LogP contribution in [0.3, 0.4) is 0 Å². The normalized spacial score (nSPS) is 11.1. The molecule has 0 aliphatic rings. The maximum absolute atomic E-state index is 12.7. The van der Waals surface area contributed by atoms with E-state index < -0.39 is 4.92 Å². The Morgan fingerprint density at radius 2 is 1.84 bits per heavy atom. The summed E-state index contributed by atoms with van der Waals surface area (Å²) < 4.78 is 5.29. The lowest BCUT2D eigenvalue weighted by Gasteiger charge is -2.09. The first-order valence-electron chi connectivity index (χ1n) is 7.50. The van der Waals surface area contributed by atoms with Crippen LogP contribution in [-0.4, -0.2) is 10.8 Å². The fraction of sp³-hybridized carbons (Fsp3) is 0. The van der Waals surface area contributed by atoms with Crippen LogP contribution in [0.25, 0.3) is 11.6 Å². The first-order valence-corrected chi connectivity index (χ1v) is 7.50. The lowest BCUT2D eigenvalue weighted by Crippen LogP contribution is -2.13. The molecule has 1 heterocycles. The van der Waals surface area contributed by atoms with Gasteiger partial charge in [0.25, 0.3) is 11.6 Å². The summed E-state index contributed by atoms with van der Waals surface area (Å²) >= 11 is 0. The van der Waals surface area contributed by atoms with E-state index in [0.717, 1.165) is 0 Å². The number of hydrogen-bond donors (Lipinski definition) is 1. The summed E-state index contributed by atoms with van der Waals surface area (Å²) in [6.45, 7) is 0. The molecule has 0 radical (unpaired) electrons. The Hall–Kier alpha value is -3.67. The molecule has 0 aliphatic heterocycles. The molecule has 0 spiro atoms. The van der Waals surface area contributed by atoms with Gasteiger partial charge in [-0.15, -0.1) is 0 Å². The second kappa shape index (κ2) is 7.27. The van der Waals surface area contributed by atoms with Crippen molar-refractivity contribution in [1.29, 1.82) is 0 Å². The van der Waals surface area contributed by atoms with Crippen LogP contribution in [0.4, 0.5) is 11.4 Å². The van der Waals surface area contributed by atoms with Crippen molar-refractivity contribution in [3.05, 3.63) is 94.4 Å². The number of carbonyl (C=O) groups excluding carboxylic acids is 1. The fourth-order valence-electron chi connectivity index (χ4n) is 2.31. The van der Waals surface area contributed by atoms with Gasteiger partial charge in [-0.1, -0.05) is 36.4 Å². The molecule has 0 atom stereocenters. The smallest absolute Gasteiger partial charge is 0.271 e. The van der Waals surface area contributed by atoms with Gasteiger partial charge >= 0.3 is 0 Å². The van der Waals surface area contributed by atoms with Gasteiger partial charge in [0.05, 0.1) is 16.8 Å². The van der Waals surface area contributed by atoms with Gasteiger partial charge in [-0.05, 0) is 29.8 Å². The van der Waals surface area contributed by atoms with Crippen molar-refractivity contribution in [1.82, 2.24) is 0 Å². The molecule has 0 unspecified atom stereocenters. The number of amides is 1. The molecule has 0 saturated carbocycles. The number of anilines is 1. The molecule has 6 nitrogen and oxygen atoms in total. The van der Waals surface area contributed by atoms with E-state index >= 15 is 0 Å². The molecule has 6 heteroatoms. The predicted molar refractivity (Wildman–Crippen MR) is 94.7 cm³/mol. The van der Waals surface area contributed by atoms with Crippen LogP contribution in [0, 0.1) is 10.1 Å². The highest BCUT2D eigenvalue weighted by molar-refractivity contribution is 6.29. The summed E-state index contributed by atoms with van der Waals surface area (Å²) in [4.78, 5) is 23.1. The maximum atomic E-state index is 12.7. The number of benzene rings is 2. The second-order valence-electron chi connectivity index (χ2n) is 5.20. The molecular formula is C19H14N2O4. The molecule has 0 aliphatic carbocycles. The van der Waals surface area contributed by atoms with Crippen molar-refractivity contribution in [2.45, 2.75) is 0 Å². The van der Waals surface area contributed by atoms with E-state index in [0.29, 0.717) is 22.6 Å². The van der Waals surface area contributed by atoms with E-state index in [1.54, 1.807) is 24.3 Å². The van der Waals surface area contributed by atoms with E-state index in [4.69, 9.17) is 4.42 Å². The number of hydrogen-bond acceptors (Lipinski definition) is 4. The zero-order valence-electron chi connectivity index (χ0n) is 13.1. The lowest BCUT2D eigenvalue weighted by atomic mass is 10.0. The van der Waals surface area contributed by atoms with Crippen LogP contribution in [0.1, 0.15) is 11.3 Å². The number of nitrogens with one attached hydrogen (secondary N) is 1. The number of non-ortho nitro benzene ring substituents is 1. The van der Waals surface area contributed by atoms with Gasteiger partial charge in [-0.25, -0.2) is 0 Å². The second-order valence-corrected chi connectivity index (χ2v) is 5.20. The molecule has 1 N–H and O–H groups in total. The van der Waals surface area contributed by atoms with Crippen molar-refractivity contribution >= 4 is 28.9 Å². The third-order valence-corrected chi connectivity index (χ3v) is 3.47. The zero-order chi connectivity index (χ0) is 17.6. The first kappa shape index (κ1) is 16.2. The molecule has 2 aromatic carbocycles. The van der Waals surface area contributed by atoms with Crippen LogP contribution >= 0.6 is 0 Å². The molecular weight excluding hydrogens is 320 g/mol. The molecule has 1 amide bonds. The Morgan fingerprint density at radius 3 is 2.52 bits per heavy atom. The molecule has 3 aromatic rings. The summed E-state index contributed by atoms with van der Waals surface area (Å²) in [6, 6.07) is 18.4. The minimum atomic E-state index is -0.507. The van der Waals surface area contributed by atoms with Crippen LogP contribution in [0.15, 0.2) is 77.4 Å². The zero-order valence-corrected chi connectivity index (χ0v) is 13.1.